The maximum atomic E-state index is 13.0. The Morgan fingerprint density at radius 1 is 1.32 bits per heavy atom. The minimum atomic E-state index is -0.467. The summed E-state index contributed by atoms with van der Waals surface area (Å²) in [7, 11) is 1.55. The number of ether oxygens (including phenoxy) is 1. The first-order chi connectivity index (χ1) is 12.0. The number of carbonyl (C=O) groups excluding carboxylic acids is 1. The molecule has 0 spiro atoms. The van der Waals surface area contributed by atoms with Gasteiger partial charge in [-0.3, -0.25) is 19.9 Å². The Kier molecular flexibility index (Phi) is 4.80. The molecule has 3 rings (SSSR count). The fourth-order valence-corrected chi connectivity index (χ4v) is 3.15. The summed E-state index contributed by atoms with van der Waals surface area (Å²) in [5.74, 6) is 0.427. The highest BCUT2D eigenvalue weighted by Crippen LogP contribution is 2.29. The van der Waals surface area contributed by atoms with Crippen LogP contribution in [-0.2, 0) is 0 Å². The van der Waals surface area contributed by atoms with Crippen molar-refractivity contribution in [2.75, 3.05) is 25.1 Å². The van der Waals surface area contributed by atoms with E-state index in [-0.39, 0.29) is 11.6 Å². The monoisotopic (exact) mass is 403 g/mol. The van der Waals surface area contributed by atoms with Crippen LogP contribution in [0.5, 0.6) is 5.75 Å². The van der Waals surface area contributed by atoms with Gasteiger partial charge in [0.1, 0.15) is 5.75 Å². The van der Waals surface area contributed by atoms with Gasteiger partial charge in [-0.15, -0.1) is 0 Å². The van der Waals surface area contributed by atoms with Gasteiger partial charge in [-0.25, -0.2) is 0 Å². The molecule has 0 saturated heterocycles. The quantitative estimate of drug-likeness (QED) is 0.580. The minimum absolute atomic E-state index is 0.0355. The van der Waals surface area contributed by atoms with Gasteiger partial charge >= 0.3 is 0 Å². The first-order valence-electron chi connectivity index (χ1n) is 7.45. The SMILES string of the molecule is COc1ccc(C(=O)N2CCN=Cc3cc([N+](=O)[O-])ccc32)cc1Br. The smallest absolute Gasteiger partial charge is 0.270 e. The van der Waals surface area contributed by atoms with Crippen molar-refractivity contribution in [3.8, 4) is 5.75 Å². The second-order valence-electron chi connectivity index (χ2n) is 5.34. The highest BCUT2D eigenvalue weighted by molar-refractivity contribution is 9.10. The van der Waals surface area contributed by atoms with Crippen LogP contribution in [-0.4, -0.2) is 37.2 Å². The zero-order valence-electron chi connectivity index (χ0n) is 13.3. The number of anilines is 1. The maximum absolute atomic E-state index is 13.0. The molecular formula is C17H14BrN3O4. The molecule has 0 saturated carbocycles. The normalized spacial score (nSPS) is 13.1. The number of methoxy groups -OCH3 is 1. The molecule has 7 nitrogen and oxygen atoms in total. The number of non-ortho nitro benzene ring substituents is 1. The predicted molar refractivity (Wildman–Crippen MR) is 97.9 cm³/mol. The van der Waals surface area contributed by atoms with E-state index in [1.54, 1.807) is 42.5 Å². The van der Waals surface area contributed by atoms with Crippen LogP contribution in [0.4, 0.5) is 11.4 Å². The molecule has 25 heavy (non-hydrogen) atoms. The van der Waals surface area contributed by atoms with Crippen molar-refractivity contribution in [3.63, 3.8) is 0 Å². The Hall–Kier alpha value is -2.74. The Bertz CT molecular complexity index is 882. The summed E-state index contributed by atoms with van der Waals surface area (Å²) < 4.78 is 5.86. The second kappa shape index (κ2) is 7.02. The number of hydrogen-bond donors (Lipinski definition) is 0. The van der Waals surface area contributed by atoms with E-state index in [1.807, 2.05) is 0 Å². The van der Waals surface area contributed by atoms with Crippen LogP contribution in [0.15, 0.2) is 45.9 Å². The van der Waals surface area contributed by atoms with Crippen LogP contribution >= 0.6 is 15.9 Å². The molecule has 128 valence electrons. The molecule has 0 radical (unpaired) electrons. The van der Waals surface area contributed by atoms with Crippen molar-refractivity contribution in [1.29, 1.82) is 0 Å². The average molecular weight is 404 g/mol. The number of benzodiazepines with no additional fused rings is 1. The first-order valence-corrected chi connectivity index (χ1v) is 8.24. The van der Waals surface area contributed by atoms with Gasteiger partial charge < -0.3 is 9.64 Å². The number of rotatable bonds is 3. The van der Waals surface area contributed by atoms with E-state index < -0.39 is 4.92 Å². The molecule has 0 aliphatic carbocycles. The fraction of sp³-hybridized carbons (Fsp3) is 0.176. The third-order valence-electron chi connectivity index (χ3n) is 3.84. The van der Waals surface area contributed by atoms with Gasteiger partial charge in [-0.1, -0.05) is 0 Å². The van der Waals surface area contributed by atoms with E-state index in [0.29, 0.717) is 40.1 Å². The number of carbonyl (C=O) groups is 1. The zero-order valence-corrected chi connectivity index (χ0v) is 14.9. The molecule has 2 aromatic carbocycles. The van der Waals surface area contributed by atoms with Crippen LogP contribution in [0, 0.1) is 10.1 Å². The number of aliphatic imine (C=N–C) groups is 1. The summed E-state index contributed by atoms with van der Waals surface area (Å²) in [4.78, 5) is 29.3. The third-order valence-corrected chi connectivity index (χ3v) is 4.46. The number of benzene rings is 2. The summed E-state index contributed by atoms with van der Waals surface area (Å²) in [6.45, 7) is 0.815. The lowest BCUT2D eigenvalue weighted by Crippen LogP contribution is -2.33. The molecule has 1 aliphatic rings. The van der Waals surface area contributed by atoms with E-state index in [1.165, 1.54) is 12.1 Å². The lowest BCUT2D eigenvalue weighted by atomic mass is 10.1. The predicted octanol–water partition coefficient (Wildman–Crippen LogP) is 3.45. The molecular weight excluding hydrogens is 390 g/mol. The standard InChI is InChI=1S/C17H14BrN3O4/c1-25-16-5-2-11(9-14(16)18)17(22)20-7-6-19-10-12-8-13(21(23)24)3-4-15(12)20/h2-5,8-10H,6-7H2,1H3. The molecule has 1 heterocycles. The van der Waals surface area contributed by atoms with E-state index in [2.05, 4.69) is 20.9 Å². The van der Waals surface area contributed by atoms with E-state index in [0.717, 1.165) is 0 Å². The molecule has 0 fully saturated rings. The van der Waals surface area contributed by atoms with Crippen molar-refractivity contribution in [2.24, 2.45) is 4.99 Å². The number of nitrogens with zero attached hydrogens (tertiary/aromatic N) is 3. The largest absolute Gasteiger partial charge is 0.496 e. The van der Waals surface area contributed by atoms with Gasteiger partial charge in [0.2, 0.25) is 0 Å². The number of nitro groups is 1. The Balaban J connectivity index is 2.00. The lowest BCUT2D eigenvalue weighted by Gasteiger charge is -2.22. The zero-order chi connectivity index (χ0) is 18.0. The highest BCUT2D eigenvalue weighted by Gasteiger charge is 2.23. The summed E-state index contributed by atoms with van der Waals surface area (Å²) in [6.07, 6.45) is 1.57. The van der Waals surface area contributed by atoms with E-state index >= 15 is 0 Å². The molecule has 1 aliphatic heterocycles. The number of halogens is 1. The average Bonchev–Trinajstić information content (AvgIpc) is 2.82. The summed E-state index contributed by atoms with van der Waals surface area (Å²) >= 11 is 3.38. The van der Waals surface area contributed by atoms with E-state index in [9.17, 15) is 14.9 Å². The number of fused-ring (bicyclic) bond motifs is 1. The molecule has 0 atom stereocenters. The van der Waals surface area contributed by atoms with Crippen LogP contribution in [0.1, 0.15) is 15.9 Å². The van der Waals surface area contributed by atoms with Crippen LogP contribution < -0.4 is 9.64 Å². The summed E-state index contributed by atoms with van der Waals surface area (Å²) in [5, 5.41) is 11.0. The first kappa shape index (κ1) is 17.1. The Labute approximate surface area is 152 Å². The summed E-state index contributed by atoms with van der Waals surface area (Å²) in [6, 6.07) is 9.49. The third kappa shape index (κ3) is 3.39. The van der Waals surface area contributed by atoms with Gasteiger partial charge in [0.05, 0.1) is 28.7 Å². The molecule has 0 aromatic heterocycles. The molecule has 8 heteroatoms. The Morgan fingerprint density at radius 3 is 2.80 bits per heavy atom. The van der Waals surface area contributed by atoms with Crippen molar-refractivity contribution >= 4 is 39.4 Å². The number of amides is 1. The lowest BCUT2D eigenvalue weighted by molar-refractivity contribution is -0.384. The van der Waals surface area contributed by atoms with Gasteiger partial charge in [-0.05, 0) is 40.2 Å². The summed E-state index contributed by atoms with van der Waals surface area (Å²) in [5.41, 5.74) is 1.60. The van der Waals surface area contributed by atoms with Crippen LogP contribution in [0.2, 0.25) is 0 Å². The van der Waals surface area contributed by atoms with Crippen LogP contribution in [0.3, 0.4) is 0 Å². The minimum Gasteiger partial charge on any atom is -0.496 e. The van der Waals surface area contributed by atoms with Gasteiger partial charge in [0.15, 0.2) is 0 Å². The number of nitro benzene ring substituents is 1. The molecule has 2 aromatic rings. The fourth-order valence-electron chi connectivity index (χ4n) is 2.61. The molecule has 0 bridgehead atoms. The number of hydrogen-bond acceptors (Lipinski definition) is 5. The maximum Gasteiger partial charge on any atom is 0.270 e. The molecule has 0 unspecified atom stereocenters. The van der Waals surface area contributed by atoms with Crippen molar-refractivity contribution in [2.45, 2.75) is 0 Å². The topological polar surface area (TPSA) is 85.0 Å². The van der Waals surface area contributed by atoms with Crippen molar-refractivity contribution in [3.05, 3.63) is 62.1 Å². The second-order valence-corrected chi connectivity index (χ2v) is 6.20. The highest BCUT2D eigenvalue weighted by atomic mass is 79.9. The molecule has 0 N–H and O–H groups in total. The van der Waals surface area contributed by atoms with Gasteiger partial charge in [0.25, 0.3) is 11.6 Å². The van der Waals surface area contributed by atoms with Crippen molar-refractivity contribution < 1.29 is 14.5 Å². The Morgan fingerprint density at radius 2 is 2.12 bits per heavy atom. The van der Waals surface area contributed by atoms with Crippen LogP contribution in [0.25, 0.3) is 0 Å². The van der Waals surface area contributed by atoms with Gasteiger partial charge in [-0.2, -0.15) is 0 Å². The van der Waals surface area contributed by atoms with E-state index in [4.69, 9.17) is 4.74 Å². The molecule has 1 amide bonds. The van der Waals surface area contributed by atoms with Gasteiger partial charge in [0, 0.05) is 36.0 Å². The van der Waals surface area contributed by atoms with Crippen molar-refractivity contribution in [1.82, 2.24) is 0 Å².